The van der Waals surface area contributed by atoms with Crippen molar-refractivity contribution in [2.75, 3.05) is 37.7 Å². The minimum absolute atomic E-state index is 0.0499. The quantitative estimate of drug-likeness (QED) is 0.755. The van der Waals surface area contributed by atoms with E-state index in [1.165, 1.54) is 25.9 Å². The number of hydrogen-bond acceptors (Lipinski definition) is 7. The molecule has 2 heterocycles. The molecule has 1 saturated heterocycles. The van der Waals surface area contributed by atoms with Crippen LogP contribution in [0.25, 0.3) is 11.3 Å². The van der Waals surface area contributed by atoms with Crippen molar-refractivity contribution < 1.29 is 4.74 Å². The molecule has 1 aliphatic heterocycles. The van der Waals surface area contributed by atoms with Crippen LogP contribution in [0.4, 0.5) is 11.8 Å². The summed E-state index contributed by atoms with van der Waals surface area (Å²) in [5.74, 6) is 1.73. The maximum atomic E-state index is 9.29. The fourth-order valence-electron chi connectivity index (χ4n) is 3.49. The lowest BCUT2D eigenvalue weighted by atomic mass is 10.0. The lowest BCUT2D eigenvalue weighted by Gasteiger charge is -2.30. The van der Waals surface area contributed by atoms with E-state index in [9.17, 15) is 5.26 Å². The highest BCUT2D eigenvalue weighted by molar-refractivity contribution is 5.73. The largest absolute Gasteiger partial charge is 0.494 e. The number of nitrogens with zero attached hydrogens (tertiary/aromatic N) is 4. The smallest absolute Gasteiger partial charge is 0.222 e. The van der Waals surface area contributed by atoms with Crippen LogP contribution in [0.15, 0.2) is 24.3 Å². The SMILES string of the molecule is CC1CCCN(CCCOc2ccc(-c3nc(N)nc(N)c3C#N)cc2)C1. The standard InChI is InChI=1S/C20H26N6O/c1-14-4-2-9-26(13-14)10-3-11-27-16-7-5-15(6-8-16)18-17(12-21)19(22)25-20(23)24-18/h5-8,14H,2-4,9-11,13H2,1H3,(H4,22,23,24,25). The molecule has 27 heavy (non-hydrogen) atoms. The van der Waals surface area contributed by atoms with Gasteiger partial charge in [-0.3, -0.25) is 0 Å². The minimum Gasteiger partial charge on any atom is -0.494 e. The van der Waals surface area contributed by atoms with Gasteiger partial charge in [-0.05, 0) is 56.0 Å². The van der Waals surface area contributed by atoms with Gasteiger partial charge in [-0.25, -0.2) is 4.98 Å². The van der Waals surface area contributed by atoms with Crippen LogP contribution < -0.4 is 16.2 Å². The maximum absolute atomic E-state index is 9.29. The van der Waals surface area contributed by atoms with Crippen molar-refractivity contribution in [1.82, 2.24) is 14.9 Å². The number of rotatable bonds is 6. The summed E-state index contributed by atoms with van der Waals surface area (Å²) in [4.78, 5) is 10.5. The summed E-state index contributed by atoms with van der Waals surface area (Å²) in [5.41, 5.74) is 12.9. The summed E-state index contributed by atoms with van der Waals surface area (Å²) in [6, 6.07) is 9.48. The van der Waals surface area contributed by atoms with Gasteiger partial charge in [-0.15, -0.1) is 0 Å². The van der Waals surface area contributed by atoms with Gasteiger partial charge < -0.3 is 21.1 Å². The maximum Gasteiger partial charge on any atom is 0.222 e. The summed E-state index contributed by atoms with van der Waals surface area (Å²) in [6.45, 7) is 6.47. The van der Waals surface area contributed by atoms with E-state index in [1.807, 2.05) is 30.3 Å². The molecule has 7 nitrogen and oxygen atoms in total. The number of likely N-dealkylation sites (tertiary alicyclic amines) is 1. The first kappa shape index (κ1) is 18.9. The van der Waals surface area contributed by atoms with Crippen molar-refractivity contribution >= 4 is 11.8 Å². The summed E-state index contributed by atoms with van der Waals surface area (Å²) in [5, 5.41) is 9.29. The van der Waals surface area contributed by atoms with E-state index >= 15 is 0 Å². The fraction of sp³-hybridized carbons (Fsp3) is 0.450. The van der Waals surface area contributed by atoms with E-state index in [0.29, 0.717) is 12.3 Å². The highest BCUT2D eigenvalue weighted by Crippen LogP contribution is 2.27. The van der Waals surface area contributed by atoms with E-state index in [-0.39, 0.29) is 17.3 Å². The molecular formula is C20H26N6O. The number of nitrogen functional groups attached to an aromatic ring is 2. The Hall–Kier alpha value is -2.85. The van der Waals surface area contributed by atoms with E-state index in [1.54, 1.807) is 0 Å². The molecule has 2 aromatic rings. The van der Waals surface area contributed by atoms with Gasteiger partial charge >= 0.3 is 0 Å². The van der Waals surface area contributed by atoms with Crippen LogP contribution in [-0.2, 0) is 0 Å². The van der Waals surface area contributed by atoms with Crippen LogP contribution in [0.2, 0.25) is 0 Å². The molecule has 0 spiro atoms. The molecule has 0 saturated carbocycles. The van der Waals surface area contributed by atoms with E-state index in [2.05, 4.69) is 21.8 Å². The van der Waals surface area contributed by atoms with Crippen molar-refractivity contribution in [2.45, 2.75) is 26.2 Å². The number of ether oxygens (including phenoxy) is 1. The van der Waals surface area contributed by atoms with Gasteiger partial charge in [0, 0.05) is 18.7 Å². The zero-order chi connectivity index (χ0) is 19.2. The second-order valence-electron chi connectivity index (χ2n) is 7.08. The lowest BCUT2D eigenvalue weighted by Crippen LogP contribution is -2.35. The number of piperidine rings is 1. The Morgan fingerprint density at radius 1 is 1.26 bits per heavy atom. The average molecular weight is 366 g/mol. The van der Waals surface area contributed by atoms with Crippen molar-refractivity contribution in [3.63, 3.8) is 0 Å². The predicted molar refractivity (Wildman–Crippen MR) is 106 cm³/mol. The Morgan fingerprint density at radius 3 is 2.74 bits per heavy atom. The third-order valence-electron chi connectivity index (χ3n) is 4.82. The molecule has 0 aliphatic carbocycles. The summed E-state index contributed by atoms with van der Waals surface area (Å²) in [6.07, 6.45) is 3.65. The Bertz CT molecular complexity index is 814. The van der Waals surface area contributed by atoms with E-state index < -0.39 is 0 Å². The molecule has 1 aromatic heterocycles. The molecule has 0 radical (unpaired) electrons. The van der Waals surface area contributed by atoms with Gasteiger partial charge in [0.05, 0.1) is 12.3 Å². The monoisotopic (exact) mass is 366 g/mol. The summed E-state index contributed by atoms with van der Waals surface area (Å²) < 4.78 is 5.84. The Kier molecular flexibility index (Phi) is 6.09. The van der Waals surface area contributed by atoms with Gasteiger partial charge in [0.15, 0.2) is 0 Å². The molecule has 7 heteroatoms. The van der Waals surface area contributed by atoms with Crippen LogP contribution in [0.5, 0.6) is 5.75 Å². The minimum atomic E-state index is 0.0499. The molecular weight excluding hydrogens is 340 g/mol. The molecule has 1 fully saturated rings. The fourth-order valence-corrected chi connectivity index (χ4v) is 3.49. The number of nitriles is 1. The molecule has 1 aromatic carbocycles. The lowest BCUT2D eigenvalue weighted by molar-refractivity contribution is 0.170. The predicted octanol–water partition coefficient (Wildman–Crippen LogP) is 2.68. The normalized spacial score (nSPS) is 17.4. The van der Waals surface area contributed by atoms with Crippen LogP contribution in [0.1, 0.15) is 31.7 Å². The highest BCUT2D eigenvalue weighted by Gasteiger charge is 2.15. The molecule has 142 valence electrons. The van der Waals surface area contributed by atoms with Crippen molar-refractivity contribution in [1.29, 1.82) is 5.26 Å². The van der Waals surface area contributed by atoms with Crippen molar-refractivity contribution in [3.05, 3.63) is 29.8 Å². The Morgan fingerprint density at radius 2 is 2.04 bits per heavy atom. The topological polar surface area (TPSA) is 114 Å². The average Bonchev–Trinajstić information content (AvgIpc) is 2.65. The number of hydrogen-bond donors (Lipinski definition) is 2. The van der Waals surface area contributed by atoms with Crippen molar-refractivity contribution in [2.24, 2.45) is 5.92 Å². The first-order chi connectivity index (χ1) is 13.1. The van der Waals surface area contributed by atoms with Crippen LogP contribution in [-0.4, -0.2) is 41.1 Å². The number of benzene rings is 1. The van der Waals surface area contributed by atoms with Crippen LogP contribution in [0, 0.1) is 17.2 Å². The van der Waals surface area contributed by atoms with Gasteiger partial charge in [0.25, 0.3) is 0 Å². The number of nitrogens with two attached hydrogens (primary N) is 2. The Balaban J connectivity index is 1.56. The van der Waals surface area contributed by atoms with Crippen LogP contribution in [0.3, 0.4) is 0 Å². The summed E-state index contributed by atoms with van der Waals surface area (Å²) in [7, 11) is 0. The molecule has 0 bridgehead atoms. The van der Waals surface area contributed by atoms with E-state index in [0.717, 1.165) is 30.2 Å². The third kappa shape index (κ3) is 4.86. The zero-order valence-electron chi connectivity index (χ0n) is 15.7. The van der Waals surface area contributed by atoms with Gasteiger partial charge in [-0.1, -0.05) is 6.92 Å². The first-order valence-electron chi connectivity index (χ1n) is 9.35. The molecule has 1 atom stereocenters. The van der Waals surface area contributed by atoms with Gasteiger partial charge in [0.1, 0.15) is 23.2 Å². The molecule has 0 amide bonds. The molecule has 1 unspecified atom stereocenters. The molecule has 1 aliphatic rings. The second-order valence-corrected chi connectivity index (χ2v) is 7.08. The van der Waals surface area contributed by atoms with Gasteiger partial charge in [-0.2, -0.15) is 10.2 Å². The van der Waals surface area contributed by atoms with E-state index in [4.69, 9.17) is 16.2 Å². The second kappa shape index (κ2) is 8.69. The van der Waals surface area contributed by atoms with Crippen LogP contribution >= 0.6 is 0 Å². The third-order valence-corrected chi connectivity index (χ3v) is 4.82. The number of aromatic nitrogens is 2. The van der Waals surface area contributed by atoms with Crippen molar-refractivity contribution in [3.8, 4) is 23.1 Å². The molecule has 3 rings (SSSR count). The summed E-state index contributed by atoms with van der Waals surface area (Å²) >= 11 is 0. The first-order valence-corrected chi connectivity index (χ1v) is 9.35. The Labute approximate surface area is 160 Å². The highest BCUT2D eigenvalue weighted by atomic mass is 16.5. The molecule has 4 N–H and O–H groups in total. The zero-order valence-corrected chi connectivity index (χ0v) is 15.7. The number of anilines is 2. The van der Waals surface area contributed by atoms with Gasteiger partial charge in [0.2, 0.25) is 5.95 Å².